The Balaban J connectivity index is 2.04. The third-order valence-corrected chi connectivity index (χ3v) is 4.34. The van der Waals surface area contributed by atoms with E-state index in [1.54, 1.807) is 23.9 Å². The van der Waals surface area contributed by atoms with Crippen LogP contribution in [0.4, 0.5) is 4.39 Å². The number of rotatable bonds is 4. The molecule has 0 saturated heterocycles. The Kier molecular flexibility index (Phi) is 4.80. The molecule has 0 aliphatic carbocycles. The summed E-state index contributed by atoms with van der Waals surface area (Å²) in [6, 6.07) is 12.4. The maximum absolute atomic E-state index is 13.1. The number of aliphatic hydroxyl groups excluding tert-OH is 1. The minimum Gasteiger partial charge on any atom is -0.392 e. The highest BCUT2D eigenvalue weighted by atomic mass is 79.9. The third-order valence-electron chi connectivity index (χ3n) is 2.51. The van der Waals surface area contributed by atoms with Crippen molar-refractivity contribution in [2.75, 3.05) is 0 Å². The molecule has 0 saturated carbocycles. The van der Waals surface area contributed by atoms with Gasteiger partial charge in [-0.05, 0) is 41.5 Å². The summed E-state index contributed by atoms with van der Waals surface area (Å²) in [5.74, 6) is 0.487. The van der Waals surface area contributed by atoms with E-state index in [9.17, 15) is 4.39 Å². The van der Waals surface area contributed by atoms with Gasteiger partial charge in [-0.15, -0.1) is 11.8 Å². The maximum atomic E-state index is 13.1. The van der Waals surface area contributed by atoms with Crippen LogP contribution in [0.3, 0.4) is 0 Å². The van der Waals surface area contributed by atoms with E-state index in [-0.39, 0.29) is 12.4 Å². The summed E-state index contributed by atoms with van der Waals surface area (Å²) in [6.07, 6.45) is 0. The van der Waals surface area contributed by atoms with E-state index >= 15 is 0 Å². The molecule has 0 spiro atoms. The molecule has 2 rings (SSSR count). The lowest BCUT2D eigenvalue weighted by atomic mass is 10.2. The van der Waals surface area contributed by atoms with Crippen LogP contribution in [0.15, 0.2) is 51.8 Å². The molecule has 0 aliphatic rings. The Hall–Kier alpha value is -0.840. The lowest BCUT2D eigenvalue weighted by Gasteiger charge is -2.05. The van der Waals surface area contributed by atoms with Crippen molar-refractivity contribution in [3.63, 3.8) is 0 Å². The Morgan fingerprint density at radius 3 is 2.50 bits per heavy atom. The fraction of sp³-hybridized carbons (Fsp3) is 0.143. The van der Waals surface area contributed by atoms with E-state index in [1.165, 1.54) is 6.07 Å². The summed E-state index contributed by atoms with van der Waals surface area (Å²) < 4.78 is 14.0. The predicted molar refractivity (Wildman–Crippen MR) is 76.0 cm³/mol. The molecule has 18 heavy (non-hydrogen) atoms. The minimum absolute atomic E-state index is 0.0559. The standard InChI is InChI=1S/C14H12BrFOS/c15-14-6-3-12(16)7-11(14)9-18-13-4-1-10(8-17)2-5-13/h1-7,17H,8-9H2. The molecule has 0 aliphatic heterocycles. The molecule has 0 amide bonds. The highest BCUT2D eigenvalue weighted by Crippen LogP contribution is 2.27. The van der Waals surface area contributed by atoms with Gasteiger partial charge >= 0.3 is 0 Å². The second kappa shape index (κ2) is 6.36. The number of hydrogen-bond acceptors (Lipinski definition) is 2. The van der Waals surface area contributed by atoms with Crippen molar-refractivity contribution >= 4 is 27.7 Å². The molecule has 1 nitrogen and oxygen atoms in total. The van der Waals surface area contributed by atoms with Gasteiger partial charge in [-0.2, -0.15) is 0 Å². The van der Waals surface area contributed by atoms with Gasteiger partial charge in [0.05, 0.1) is 6.61 Å². The Morgan fingerprint density at radius 1 is 1.11 bits per heavy atom. The molecule has 0 aromatic heterocycles. The quantitative estimate of drug-likeness (QED) is 0.842. The van der Waals surface area contributed by atoms with E-state index < -0.39 is 0 Å². The molecule has 0 heterocycles. The second-order valence-corrected chi connectivity index (χ2v) is 5.73. The van der Waals surface area contributed by atoms with Gasteiger partial charge in [0.15, 0.2) is 0 Å². The second-order valence-electron chi connectivity index (χ2n) is 3.83. The first-order valence-corrected chi connectivity index (χ1v) is 7.23. The summed E-state index contributed by atoms with van der Waals surface area (Å²) >= 11 is 5.05. The number of halogens is 2. The Bertz CT molecular complexity index is 528. The lowest BCUT2D eigenvalue weighted by molar-refractivity contribution is 0.282. The molecular weight excluding hydrogens is 315 g/mol. The number of aliphatic hydroxyl groups is 1. The molecule has 0 bridgehead atoms. The summed E-state index contributed by atoms with van der Waals surface area (Å²) in [7, 11) is 0. The van der Waals surface area contributed by atoms with Crippen molar-refractivity contribution in [1.29, 1.82) is 0 Å². The van der Waals surface area contributed by atoms with Crippen LogP contribution < -0.4 is 0 Å². The monoisotopic (exact) mass is 326 g/mol. The van der Waals surface area contributed by atoms with Gasteiger partial charge in [0.25, 0.3) is 0 Å². The van der Waals surface area contributed by atoms with Crippen molar-refractivity contribution in [3.8, 4) is 0 Å². The van der Waals surface area contributed by atoms with Crippen molar-refractivity contribution in [2.45, 2.75) is 17.3 Å². The number of thioether (sulfide) groups is 1. The van der Waals surface area contributed by atoms with Crippen molar-refractivity contribution < 1.29 is 9.50 Å². The lowest BCUT2D eigenvalue weighted by Crippen LogP contribution is -1.86. The van der Waals surface area contributed by atoms with Crippen molar-refractivity contribution in [2.24, 2.45) is 0 Å². The van der Waals surface area contributed by atoms with Gasteiger partial charge in [-0.25, -0.2) is 4.39 Å². The minimum atomic E-state index is -0.218. The molecule has 94 valence electrons. The highest BCUT2D eigenvalue weighted by molar-refractivity contribution is 9.10. The Labute approximate surface area is 118 Å². The molecule has 0 fully saturated rings. The summed E-state index contributed by atoms with van der Waals surface area (Å²) in [4.78, 5) is 1.10. The molecule has 0 atom stereocenters. The molecule has 1 N–H and O–H groups in total. The van der Waals surface area contributed by atoms with Gasteiger partial charge in [-0.1, -0.05) is 28.1 Å². The SMILES string of the molecule is OCc1ccc(SCc2cc(F)ccc2Br)cc1. The first-order chi connectivity index (χ1) is 8.69. The molecule has 0 unspecified atom stereocenters. The van der Waals surface area contributed by atoms with E-state index in [4.69, 9.17) is 5.11 Å². The normalized spacial score (nSPS) is 10.6. The molecule has 4 heteroatoms. The average molecular weight is 327 g/mol. The molecule has 0 radical (unpaired) electrons. The van der Waals surface area contributed by atoms with Gasteiger partial charge in [0.1, 0.15) is 5.82 Å². The fourth-order valence-electron chi connectivity index (χ4n) is 1.51. The maximum Gasteiger partial charge on any atom is 0.123 e. The predicted octanol–water partition coefficient (Wildman–Crippen LogP) is 4.37. The van der Waals surface area contributed by atoms with E-state index in [0.717, 1.165) is 20.5 Å². The molecular formula is C14H12BrFOS. The first kappa shape index (κ1) is 13.6. The van der Waals surface area contributed by atoms with Gasteiger partial charge in [-0.3, -0.25) is 0 Å². The Morgan fingerprint density at radius 2 is 1.83 bits per heavy atom. The smallest absolute Gasteiger partial charge is 0.123 e. The molecule has 2 aromatic rings. The summed E-state index contributed by atoms with van der Waals surface area (Å²) in [5.41, 5.74) is 1.83. The zero-order valence-electron chi connectivity index (χ0n) is 9.57. The summed E-state index contributed by atoms with van der Waals surface area (Å²) in [6.45, 7) is 0.0559. The zero-order valence-corrected chi connectivity index (χ0v) is 12.0. The van der Waals surface area contributed by atoms with Crippen LogP contribution in [-0.4, -0.2) is 5.11 Å². The van der Waals surface area contributed by atoms with Crippen molar-refractivity contribution in [3.05, 3.63) is 63.9 Å². The van der Waals surface area contributed by atoms with E-state index in [1.807, 2.05) is 24.3 Å². The van der Waals surface area contributed by atoms with Crippen LogP contribution in [0, 0.1) is 5.82 Å². The first-order valence-electron chi connectivity index (χ1n) is 5.45. The topological polar surface area (TPSA) is 20.2 Å². The van der Waals surface area contributed by atoms with Gasteiger partial charge in [0, 0.05) is 15.1 Å². The van der Waals surface area contributed by atoms with E-state index in [0.29, 0.717) is 5.75 Å². The van der Waals surface area contributed by atoms with Gasteiger partial charge < -0.3 is 5.11 Å². The fourth-order valence-corrected chi connectivity index (χ4v) is 2.97. The van der Waals surface area contributed by atoms with Gasteiger partial charge in [0.2, 0.25) is 0 Å². The van der Waals surface area contributed by atoms with Crippen LogP contribution >= 0.6 is 27.7 Å². The van der Waals surface area contributed by atoms with Crippen LogP contribution in [0.2, 0.25) is 0 Å². The highest BCUT2D eigenvalue weighted by Gasteiger charge is 2.03. The van der Waals surface area contributed by atoms with Crippen LogP contribution in [-0.2, 0) is 12.4 Å². The van der Waals surface area contributed by atoms with Crippen LogP contribution in [0.5, 0.6) is 0 Å². The zero-order chi connectivity index (χ0) is 13.0. The largest absolute Gasteiger partial charge is 0.392 e. The average Bonchev–Trinajstić information content (AvgIpc) is 2.40. The summed E-state index contributed by atoms with van der Waals surface area (Å²) in [5, 5.41) is 8.95. The third kappa shape index (κ3) is 3.57. The number of benzene rings is 2. The van der Waals surface area contributed by atoms with Crippen LogP contribution in [0.1, 0.15) is 11.1 Å². The molecule has 2 aromatic carbocycles. The van der Waals surface area contributed by atoms with Crippen LogP contribution in [0.25, 0.3) is 0 Å². The number of hydrogen-bond donors (Lipinski definition) is 1. The van der Waals surface area contributed by atoms with E-state index in [2.05, 4.69) is 15.9 Å². The van der Waals surface area contributed by atoms with Crippen molar-refractivity contribution in [1.82, 2.24) is 0 Å².